The number of rotatable bonds is 5. The number of pyridine rings is 2. The number of aliphatic hydroxyl groups is 1. The van der Waals surface area contributed by atoms with Crippen LogP contribution in [-0.2, 0) is 22.3 Å². The van der Waals surface area contributed by atoms with Crippen molar-refractivity contribution in [2.75, 3.05) is 13.2 Å². The van der Waals surface area contributed by atoms with Crippen molar-refractivity contribution in [3.05, 3.63) is 70.6 Å². The van der Waals surface area contributed by atoms with Gasteiger partial charge in [0.25, 0.3) is 6.01 Å². The number of hydrogen-bond acceptors (Lipinski definition) is 7. The van der Waals surface area contributed by atoms with Crippen molar-refractivity contribution in [1.82, 2.24) is 19.9 Å². The number of ether oxygens (including phenoxy) is 3. The third-order valence-electron chi connectivity index (χ3n) is 7.42. The Hall–Kier alpha value is -3.04. The van der Waals surface area contributed by atoms with Crippen molar-refractivity contribution in [1.29, 1.82) is 0 Å². The number of H-pyrrole nitrogens is 1. The van der Waals surface area contributed by atoms with Crippen LogP contribution in [0.15, 0.2) is 48.7 Å². The van der Waals surface area contributed by atoms with E-state index in [1.54, 1.807) is 0 Å². The maximum Gasteiger partial charge on any atom is 0.296 e. The van der Waals surface area contributed by atoms with Crippen LogP contribution in [0.4, 0.5) is 0 Å². The summed E-state index contributed by atoms with van der Waals surface area (Å²) in [7, 11) is 0. The fourth-order valence-corrected chi connectivity index (χ4v) is 5.82. The molecule has 0 amide bonds. The second-order valence-corrected chi connectivity index (χ2v) is 10.1. The number of fused-ring (bicyclic) bond motifs is 3. The summed E-state index contributed by atoms with van der Waals surface area (Å²) in [4.78, 5) is 17.3. The van der Waals surface area contributed by atoms with Gasteiger partial charge in [-0.15, -0.1) is 0 Å². The summed E-state index contributed by atoms with van der Waals surface area (Å²) in [5, 5.41) is 10.5. The normalized spacial score (nSPS) is 26.9. The first kappa shape index (κ1) is 22.2. The minimum Gasteiger partial charge on any atom is -0.456 e. The van der Waals surface area contributed by atoms with E-state index >= 15 is 0 Å². The molecule has 2 N–H and O–H groups in total. The second kappa shape index (κ2) is 8.81. The van der Waals surface area contributed by atoms with Crippen LogP contribution in [0.2, 0.25) is 5.02 Å². The minimum atomic E-state index is -0.623. The lowest BCUT2D eigenvalue weighted by molar-refractivity contribution is 0.00706. The van der Waals surface area contributed by atoms with Gasteiger partial charge in [0, 0.05) is 23.4 Å². The Morgan fingerprint density at radius 2 is 1.92 bits per heavy atom. The molecule has 2 aliphatic heterocycles. The molecule has 2 fully saturated rings. The molecule has 1 aromatic carbocycles. The average molecular weight is 505 g/mol. The lowest BCUT2D eigenvalue weighted by Crippen LogP contribution is -2.34. The molecule has 7 rings (SSSR count). The van der Waals surface area contributed by atoms with E-state index in [9.17, 15) is 5.11 Å². The van der Waals surface area contributed by atoms with Crippen molar-refractivity contribution in [2.24, 2.45) is 0 Å². The zero-order valence-electron chi connectivity index (χ0n) is 19.4. The second-order valence-electron chi connectivity index (χ2n) is 9.72. The van der Waals surface area contributed by atoms with Gasteiger partial charge in [0.1, 0.15) is 18.3 Å². The number of aromatic amines is 1. The van der Waals surface area contributed by atoms with Crippen LogP contribution in [0.5, 0.6) is 6.01 Å². The molecule has 36 heavy (non-hydrogen) atoms. The van der Waals surface area contributed by atoms with E-state index in [-0.39, 0.29) is 30.8 Å². The van der Waals surface area contributed by atoms with E-state index in [0.717, 1.165) is 29.8 Å². The fraction of sp³-hybridized carbons (Fsp3) is 0.370. The third kappa shape index (κ3) is 3.85. The molecule has 1 aliphatic carbocycles. The lowest BCUT2D eigenvalue weighted by atomic mass is 9.99. The molecule has 0 spiro atoms. The van der Waals surface area contributed by atoms with Gasteiger partial charge < -0.3 is 24.3 Å². The van der Waals surface area contributed by atoms with E-state index in [0.29, 0.717) is 35.2 Å². The Kier molecular flexibility index (Phi) is 5.43. The quantitative estimate of drug-likeness (QED) is 0.425. The largest absolute Gasteiger partial charge is 0.456 e. The molecule has 3 aliphatic rings. The Morgan fingerprint density at radius 3 is 2.81 bits per heavy atom. The number of benzene rings is 1. The highest BCUT2D eigenvalue weighted by Crippen LogP contribution is 2.37. The fourth-order valence-electron chi connectivity index (χ4n) is 5.60. The lowest BCUT2D eigenvalue weighted by Gasteiger charge is -2.15. The number of halogens is 1. The molecule has 3 aromatic heterocycles. The Morgan fingerprint density at radius 1 is 1.06 bits per heavy atom. The number of nitrogens with one attached hydrogen (secondary N) is 1. The maximum atomic E-state index is 9.94. The van der Waals surface area contributed by atoms with Gasteiger partial charge in [-0.3, -0.25) is 4.98 Å². The van der Waals surface area contributed by atoms with Gasteiger partial charge in [0.15, 0.2) is 11.8 Å². The number of aryl methyl sites for hydroxylation is 1. The van der Waals surface area contributed by atoms with Crippen LogP contribution in [0, 0.1) is 0 Å². The van der Waals surface area contributed by atoms with Gasteiger partial charge in [-0.05, 0) is 42.5 Å². The standard InChI is InChI=1S/C27H25ClN4O4/c28-18-10-20-26(32-27(31-20)36-22-13-35-24-21(33)12-34-25(22)24)30-19(18)9-16-7-6-15-8-17(11-29-23(15)16)14-4-2-1-3-5-14/h1-5,8,10-11,16,21-22,24-25,33H,6-7,9,12-13H2,(H,30,31,32)/t16?,21-,22-,24-,25-/m1/s1. The molecule has 5 atom stereocenters. The molecule has 184 valence electrons. The molecule has 0 bridgehead atoms. The Bertz CT molecular complexity index is 1430. The van der Waals surface area contributed by atoms with Crippen molar-refractivity contribution >= 4 is 22.8 Å². The zero-order valence-corrected chi connectivity index (χ0v) is 20.2. The number of aromatic nitrogens is 4. The number of aliphatic hydroxyl groups excluding tert-OH is 1. The van der Waals surface area contributed by atoms with Crippen LogP contribution in [0.25, 0.3) is 22.3 Å². The summed E-state index contributed by atoms with van der Waals surface area (Å²) in [5.41, 5.74) is 6.82. The topological polar surface area (TPSA) is 102 Å². The van der Waals surface area contributed by atoms with Gasteiger partial charge >= 0.3 is 0 Å². The highest BCUT2D eigenvalue weighted by molar-refractivity contribution is 6.31. The Balaban J connectivity index is 1.10. The van der Waals surface area contributed by atoms with E-state index in [4.69, 9.17) is 35.8 Å². The minimum absolute atomic E-state index is 0.253. The molecule has 8 nitrogen and oxygen atoms in total. The third-order valence-corrected chi connectivity index (χ3v) is 7.75. The highest BCUT2D eigenvalue weighted by Gasteiger charge is 2.48. The van der Waals surface area contributed by atoms with Crippen molar-refractivity contribution in [3.8, 4) is 17.1 Å². The van der Waals surface area contributed by atoms with Crippen molar-refractivity contribution in [2.45, 2.75) is 49.6 Å². The van der Waals surface area contributed by atoms with E-state index in [1.807, 2.05) is 30.5 Å². The molecule has 0 saturated carbocycles. The van der Waals surface area contributed by atoms with E-state index in [1.165, 1.54) is 11.1 Å². The molecular weight excluding hydrogens is 480 g/mol. The first-order valence-electron chi connectivity index (χ1n) is 12.3. The predicted octanol–water partition coefficient (Wildman–Crippen LogP) is 3.85. The van der Waals surface area contributed by atoms with Crippen molar-refractivity contribution < 1.29 is 19.3 Å². The number of hydrogen-bond donors (Lipinski definition) is 2. The zero-order chi connectivity index (χ0) is 24.2. The number of imidazole rings is 1. The molecule has 2 saturated heterocycles. The van der Waals surface area contributed by atoms with Crippen LogP contribution in [0.3, 0.4) is 0 Å². The van der Waals surface area contributed by atoms with Gasteiger partial charge in [0.05, 0.1) is 29.4 Å². The summed E-state index contributed by atoms with van der Waals surface area (Å²) in [6.07, 6.45) is 3.05. The van der Waals surface area contributed by atoms with Gasteiger partial charge in [-0.2, -0.15) is 4.98 Å². The van der Waals surface area contributed by atoms with E-state index in [2.05, 4.69) is 28.2 Å². The first-order valence-corrected chi connectivity index (χ1v) is 12.7. The predicted molar refractivity (Wildman–Crippen MR) is 133 cm³/mol. The summed E-state index contributed by atoms with van der Waals surface area (Å²) in [6.45, 7) is 0.589. The summed E-state index contributed by atoms with van der Waals surface area (Å²) < 4.78 is 17.3. The molecule has 1 unspecified atom stereocenters. The Labute approximate surface area is 212 Å². The van der Waals surface area contributed by atoms with Gasteiger partial charge in [0.2, 0.25) is 0 Å². The molecule has 4 aromatic rings. The molecule has 9 heteroatoms. The van der Waals surface area contributed by atoms with Gasteiger partial charge in [-0.25, -0.2) is 4.98 Å². The van der Waals surface area contributed by atoms with Crippen molar-refractivity contribution in [3.63, 3.8) is 0 Å². The first-order chi connectivity index (χ1) is 17.6. The van der Waals surface area contributed by atoms with Crippen LogP contribution >= 0.6 is 11.6 Å². The van der Waals surface area contributed by atoms with Crippen LogP contribution in [0.1, 0.15) is 29.3 Å². The smallest absolute Gasteiger partial charge is 0.296 e. The average Bonchev–Trinajstić information content (AvgIpc) is 3.66. The molecular formula is C27H25ClN4O4. The summed E-state index contributed by atoms with van der Waals surface area (Å²) in [5.74, 6) is 0.264. The van der Waals surface area contributed by atoms with Gasteiger partial charge in [-0.1, -0.05) is 41.9 Å². The SMILES string of the molecule is O[C@@H]1CO[C@H]2[C@@H]1OC[C@H]2Oc1nc2nc(CC3CCc4cc(-c5ccccc5)cnc43)c(Cl)cc2[nH]1. The highest BCUT2D eigenvalue weighted by atomic mass is 35.5. The molecule has 5 heterocycles. The monoisotopic (exact) mass is 504 g/mol. The van der Waals surface area contributed by atoms with Crippen LogP contribution < -0.4 is 4.74 Å². The summed E-state index contributed by atoms with van der Waals surface area (Å²) in [6, 6.07) is 14.8. The van der Waals surface area contributed by atoms with E-state index < -0.39 is 6.10 Å². The number of nitrogens with zero attached hydrogens (tertiary/aromatic N) is 3. The molecule has 0 radical (unpaired) electrons. The van der Waals surface area contributed by atoms with Crippen LogP contribution in [-0.4, -0.2) is 62.7 Å². The summed E-state index contributed by atoms with van der Waals surface area (Å²) >= 11 is 6.64. The maximum absolute atomic E-state index is 9.94.